The van der Waals surface area contributed by atoms with Gasteiger partial charge in [0.15, 0.2) is 0 Å². The lowest BCUT2D eigenvalue weighted by molar-refractivity contribution is -0.138. The van der Waals surface area contributed by atoms with E-state index in [1.165, 1.54) is 28.1 Å². The van der Waals surface area contributed by atoms with Crippen molar-refractivity contribution in [2.45, 2.75) is 13.8 Å². The Morgan fingerprint density at radius 1 is 0.875 bits per heavy atom. The van der Waals surface area contributed by atoms with Crippen molar-refractivity contribution in [3.05, 3.63) is 0 Å². The second-order valence-electron chi connectivity index (χ2n) is 2.26. The third kappa shape index (κ3) is 52.7. The Morgan fingerprint density at radius 2 is 1.00 bits per heavy atom. The van der Waals surface area contributed by atoms with Crippen molar-refractivity contribution in [3.8, 4) is 0 Å². The molecule has 0 rings (SSSR count). The highest BCUT2D eigenvalue weighted by atomic mass is 32.2. The van der Waals surface area contributed by atoms with E-state index in [-0.39, 0.29) is 11.9 Å². The van der Waals surface area contributed by atoms with Gasteiger partial charge in [0.2, 0.25) is 0 Å². The molecule has 0 radical (unpaired) electrons. The van der Waals surface area contributed by atoms with E-state index in [2.05, 4.69) is 13.7 Å². The summed E-state index contributed by atoms with van der Waals surface area (Å²) in [6, 6.07) is 0. The van der Waals surface area contributed by atoms with Crippen molar-refractivity contribution in [2.24, 2.45) is 0 Å². The number of hydrogen-bond donors (Lipinski definition) is 0. The maximum Gasteiger partial charge on any atom is 0.302 e. The van der Waals surface area contributed by atoms with Gasteiger partial charge in [-0.15, -0.1) is 0 Å². The molecule has 0 aliphatic heterocycles. The second kappa shape index (κ2) is 11.9. The molecule has 0 heterocycles. The summed E-state index contributed by atoms with van der Waals surface area (Å²) in [7, 11) is 0.657. The maximum atomic E-state index is 9.78. The largest absolute Gasteiger partial charge is 0.469 e. The molecule has 0 saturated carbocycles. The molecule has 0 aliphatic carbocycles. The van der Waals surface area contributed by atoms with Gasteiger partial charge in [0, 0.05) is 13.8 Å². The first-order chi connectivity index (χ1) is 7.10. The Morgan fingerprint density at radius 3 is 1.00 bits per heavy atom. The van der Waals surface area contributed by atoms with Gasteiger partial charge in [-0.05, 0) is 0 Å². The van der Waals surface area contributed by atoms with Crippen molar-refractivity contribution in [3.63, 3.8) is 0 Å². The highest BCUT2D eigenvalue weighted by Crippen LogP contribution is 1.75. The summed E-state index contributed by atoms with van der Waals surface area (Å²) < 4.78 is 31.7. The number of carbonyl (C=O) groups is 2. The molecule has 0 aromatic heterocycles. The first-order valence-electron chi connectivity index (χ1n) is 3.95. The number of ether oxygens (including phenoxy) is 2. The smallest absolute Gasteiger partial charge is 0.302 e. The van der Waals surface area contributed by atoms with Gasteiger partial charge in [0.05, 0.1) is 27.6 Å². The number of methoxy groups -OCH3 is 2. The average Bonchev–Trinajstić information content (AvgIpc) is 2.18. The van der Waals surface area contributed by atoms with Gasteiger partial charge < -0.3 is 9.47 Å². The number of carbonyl (C=O) groups excluding carboxylic acids is 2. The van der Waals surface area contributed by atoms with Crippen LogP contribution in [0, 0.1) is 0 Å². The van der Waals surface area contributed by atoms with Crippen LogP contribution in [0.15, 0.2) is 0 Å². The molecule has 0 saturated heterocycles. The molecule has 16 heavy (non-hydrogen) atoms. The SMILES string of the molecule is COC(C)=O.COC(C)=O.COS(C)(=O)=O. The number of rotatable bonds is 1. The highest BCUT2D eigenvalue weighted by molar-refractivity contribution is 7.85. The molecular formula is C8H18O7S. The van der Waals surface area contributed by atoms with Crippen molar-refractivity contribution >= 4 is 22.1 Å². The molecule has 0 N–H and O–H groups in total. The van der Waals surface area contributed by atoms with E-state index in [4.69, 9.17) is 0 Å². The van der Waals surface area contributed by atoms with E-state index < -0.39 is 10.1 Å². The quantitative estimate of drug-likeness (QED) is 0.480. The van der Waals surface area contributed by atoms with Crippen LogP contribution in [0.5, 0.6) is 0 Å². The molecule has 0 aromatic rings. The zero-order valence-corrected chi connectivity index (χ0v) is 11.1. The second-order valence-corrected chi connectivity index (χ2v) is 4.00. The van der Waals surface area contributed by atoms with Crippen LogP contribution >= 0.6 is 0 Å². The Kier molecular flexibility index (Phi) is 15.1. The van der Waals surface area contributed by atoms with Crippen molar-refractivity contribution < 1.29 is 31.7 Å². The van der Waals surface area contributed by atoms with Gasteiger partial charge in [-0.1, -0.05) is 0 Å². The lowest BCUT2D eigenvalue weighted by Crippen LogP contribution is -1.95. The minimum Gasteiger partial charge on any atom is -0.469 e. The normalized spacial score (nSPS) is 8.62. The summed E-state index contributed by atoms with van der Waals surface area (Å²) in [5.74, 6) is -0.491. The third-order valence-electron chi connectivity index (χ3n) is 0.878. The minimum absolute atomic E-state index is 0.245. The molecule has 0 fully saturated rings. The third-order valence-corrected chi connectivity index (χ3v) is 1.48. The Labute approximate surface area is 95.8 Å². The fourth-order valence-corrected chi connectivity index (χ4v) is 0. The standard InChI is InChI=1S/2C3H6O2.C2H6O3S/c2*1-3(4)5-2;1-5-6(2,3)4/h2*1-2H3;1-2H3. The van der Waals surface area contributed by atoms with E-state index >= 15 is 0 Å². The summed E-state index contributed by atoms with van der Waals surface area (Å²) >= 11 is 0. The first-order valence-corrected chi connectivity index (χ1v) is 5.77. The van der Waals surface area contributed by atoms with Crippen molar-refractivity contribution in [1.82, 2.24) is 0 Å². The van der Waals surface area contributed by atoms with Gasteiger partial charge in [-0.25, -0.2) is 0 Å². The predicted molar refractivity (Wildman–Crippen MR) is 57.2 cm³/mol. The molecule has 98 valence electrons. The fourth-order valence-electron chi connectivity index (χ4n) is 0. The van der Waals surface area contributed by atoms with Crippen LogP contribution in [0.1, 0.15) is 13.8 Å². The monoisotopic (exact) mass is 258 g/mol. The topological polar surface area (TPSA) is 96.0 Å². The highest BCUT2D eigenvalue weighted by Gasteiger charge is 1.90. The van der Waals surface area contributed by atoms with Gasteiger partial charge in [-0.2, -0.15) is 8.42 Å². The Bertz CT molecular complexity index is 267. The fraction of sp³-hybridized carbons (Fsp3) is 0.750. The molecule has 0 unspecified atom stereocenters. The average molecular weight is 258 g/mol. The van der Waals surface area contributed by atoms with E-state index in [1.807, 2.05) is 0 Å². The van der Waals surface area contributed by atoms with Crippen LogP contribution in [0.3, 0.4) is 0 Å². The predicted octanol–water partition coefficient (Wildman–Crippen LogP) is -0.0490. The molecule has 0 aliphatic rings. The minimum atomic E-state index is -3.16. The molecule has 0 bridgehead atoms. The molecule has 0 spiro atoms. The van der Waals surface area contributed by atoms with Crippen LogP contribution in [-0.2, 0) is 33.4 Å². The van der Waals surface area contributed by atoms with Crippen LogP contribution in [0.25, 0.3) is 0 Å². The van der Waals surface area contributed by atoms with Crippen molar-refractivity contribution in [2.75, 3.05) is 27.6 Å². The number of hydrogen-bond acceptors (Lipinski definition) is 7. The summed E-state index contributed by atoms with van der Waals surface area (Å²) in [5, 5.41) is 0. The maximum absolute atomic E-state index is 9.78. The van der Waals surface area contributed by atoms with E-state index in [0.29, 0.717) is 0 Å². The van der Waals surface area contributed by atoms with Gasteiger partial charge in [0.25, 0.3) is 10.1 Å². The lowest BCUT2D eigenvalue weighted by atomic mass is 10.8. The van der Waals surface area contributed by atoms with Gasteiger partial charge in [0.1, 0.15) is 0 Å². The van der Waals surface area contributed by atoms with E-state index in [9.17, 15) is 18.0 Å². The molecular weight excluding hydrogens is 240 g/mol. The molecule has 0 amide bonds. The van der Waals surface area contributed by atoms with Crippen LogP contribution in [0.2, 0.25) is 0 Å². The molecule has 0 aromatic carbocycles. The molecule has 7 nitrogen and oxygen atoms in total. The summed E-state index contributed by atoms with van der Waals surface area (Å²) in [4.78, 5) is 19.2. The lowest BCUT2D eigenvalue weighted by Gasteiger charge is -1.84. The van der Waals surface area contributed by atoms with E-state index in [1.54, 1.807) is 0 Å². The van der Waals surface area contributed by atoms with Crippen molar-refractivity contribution in [1.29, 1.82) is 0 Å². The van der Waals surface area contributed by atoms with Gasteiger partial charge >= 0.3 is 11.9 Å². The first kappa shape index (κ1) is 20.3. The molecule has 8 heteroatoms. The van der Waals surface area contributed by atoms with Crippen LogP contribution in [-0.4, -0.2) is 47.9 Å². The number of esters is 2. The van der Waals surface area contributed by atoms with Crippen LogP contribution in [0.4, 0.5) is 0 Å². The summed E-state index contributed by atoms with van der Waals surface area (Å²) in [6.45, 7) is 2.72. The summed E-state index contributed by atoms with van der Waals surface area (Å²) in [5.41, 5.74) is 0. The Hall–Kier alpha value is -1.15. The summed E-state index contributed by atoms with van der Waals surface area (Å²) in [6.07, 6.45) is 0.993. The molecule has 0 atom stereocenters. The Balaban J connectivity index is -0.000000160. The zero-order valence-electron chi connectivity index (χ0n) is 10.3. The van der Waals surface area contributed by atoms with E-state index in [0.717, 1.165) is 13.4 Å². The van der Waals surface area contributed by atoms with Gasteiger partial charge in [-0.3, -0.25) is 13.8 Å². The van der Waals surface area contributed by atoms with Crippen LogP contribution < -0.4 is 0 Å². The zero-order chi connectivity index (χ0) is 13.8.